The van der Waals surface area contributed by atoms with Crippen LogP contribution < -0.4 is 11.3 Å². The van der Waals surface area contributed by atoms with Crippen LogP contribution in [-0.2, 0) is 0 Å². The van der Waals surface area contributed by atoms with Gasteiger partial charge in [-0.15, -0.1) is 0 Å². The van der Waals surface area contributed by atoms with Crippen LogP contribution in [0.4, 0.5) is 13.2 Å². The van der Waals surface area contributed by atoms with Crippen LogP contribution in [0.1, 0.15) is 45.2 Å². The Morgan fingerprint density at radius 2 is 1.58 bits per heavy atom. The molecule has 1 aromatic carbocycles. The van der Waals surface area contributed by atoms with Crippen LogP contribution in [0.3, 0.4) is 0 Å². The van der Waals surface area contributed by atoms with Gasteiger partial charge in [-0.25, -0.2) is 13.2 Å². The molecule has 0 aromatic heterocycles. The van der Waals surface area contributed by atoms with E-state index in [0.717, 1.165) is 6.42 Å². The average Bonchev–Trinajstić information content (AvgIpc) is 2.24. The summed E-state index contributed by atoms with van der Waals surface area (Å²) in [6.07, 6.45) is 1.43. The first-order chi connectivity index (χ1) is 8.85. The van der Waals surface area contributed by atoms with E-state index in [0.29, 0.717) is 24.5 Å². The highest BCUT2D eigenvalue weighted by Gasteiger charge is 2.22. The van der Waals surface area contributed by atoms with Crippen molar-refractivity contribution >= 4 is 0 Å². The van der Waals surface area contributed by atoms with E-state index in [1.165, 1.54) is 0 Å². The van der Waals surface area contributed by atoms with Gasteiger partial charge in [0.05, 0.1) is 6.04 Å². The van der Waals surface area contributed by atoms with Crippen molar-refractivity contribution in [3.8, 4) is 0 Å². The summed E-state index contributed by atoms with van der Waals surface area (Å²) >= 11 is 0. The Labute approximate surface area is 112 Å². The molecule has 0 aliphatic carbocycles. The number of hydrogen-bond acceptors (Lipinski definition) is 2. The second-order valence-corrected chi connectivity index (χ2v) is 5.47. The van der Waals surface area contributed by atoms with Crippen LogP contribution in [-0.4, -0.2) is 0 Å². The molecule has 2 unspecified atom stereocenters. The van der Waals surface area contributed by atoms with Crippen LogP contribution in [0, 0.1) is 29.3 Å². The molecule has 0 saturated heterocycles. The molecule has 0 fully saturated rings. The first-order valence-electron chi connectivity index (χ1n) is 6.45. The van der Waals surface area contributed by atoms with Crippen molar-refractivity contribution in [1.82, 2.24) is 5.43 Å². The summed E-state index contributed by atoms with van der Waals surface area (Å²) in [5.41, 5.74) is 2.23. The van der Waals surface area contributed by atoms with E-state index in [-0.39, 0.29) is 11.5 Å². The lowest BCUT2D eigenvalue weighted by atomic mass is 9.90. The van der Waals surface area contributed by atoms with Gasteiger partial charge >= 0.3 is 0 Å². The number of nitrogens with one attached hydrogen (secondary N) is 1. The fourth-order valence-corrected chi connectivity index (χ4v) is 2.46. The summed E-state index contributed by atoms with van der Waals surface area (Å²) in [4.78, 5) is 0. The summed E-state index contributed by atoms with van der Waals surface area (Å²) < 4.78 is 40.3. The maximum absolute atomic E-state index is 13.7. The second kappa shape index (κ2) is 6.91. The fourth-order valence-electron chi connectivity index (χ4n) is 2.46. The van der Waals surface area contributed by atoms with Crippen LogP contribution in [0.25, 0.3) is 0 Å². The van der Waals surface area contributed by atoms with Crippen LogP contribution in [0.2, 0.25) is 0 Å². The predicted octanol–water partition coefficient (Wildman–Crippen LogP) is 3.68. The van der Waals surface area contributed by atoms with Gasteiger partial charge in [0, 0.05) is 17.7 Å². The summed E-state index contributed by atoms with van der Waals surface area (Å²) in [6.45, 7) is 6.17. The van der Waals surface area contributed by atoms with Gasteiger partial charge in [0.25, 0.3) is 0 Å². The zero-order valence-corrected chi connectivity index (χ0v) is 11.5. The zero-order valence-electron chi connectivity index (χ0n) is 11.5. The molecule has 0 bridgehead atoms. The van der Waals surface area contributed by atoms with Crippen LogP contribution >= 0.6 is 0 Å². The van der Waals surface area contributed by atoms with E-state index in [1.807, 2.05) is 6.92 Å². The van der Waals surface area contributed by atoms with E-state index in [1.54, 1.807) is 0 Å². The van der Waals surface area contributed by atoms with E-state index in [2.05, 4.69) is 19.3 Å². The predicted molar refractivity (Wildman–Crippen MR) is 69.6 cm³/mol. The molecule has 0 aliphatic heterocycles. The first kappa shape index (κ1) is 16.0. The molecular weight excluding hydrogens is 253 g/mol. The molecule has 0 aliphatic rings. The SMILES string of the molecule is CC(C)CC(C)CC(NN)c1c(F)cc(F)cc1F. The number of hydrazine groups is 1. The van der Waals surface area contributed by atoms with Crippen molar-refractivity contribution in [2.24, 2.45) is 17.7 Å². The monoisotopic (exact) mass is 274 g/mol. The van der Waals surface area contributed by atoms with Crippen molar-refractivity contribution < 1.29 is 13.2 Å². The molecule has 1 aromatic rings. The lowest BCUT2D eigenvalue weighted by Crippen LogP contribution is -2.31. The van der Waals surface area contributed by atoms with E-state index in [4.69, 9.17) is 5.84 Å². The van der Waals surface area contributed by atoms with Gasteiger partial charge in [-0.3, -0.25) is 11.3 Å². The summed E-state index contributed by atoms with van der Waals surface area (Å²) in [5.74, 6) is 3.40. The standard InChI is InChI=1S/C14H21F3N2/c1-8(2)4-9(3)5-13(19-18)14-11(16)6-10(15)7-12(14)17/h6-9,13,19H,4-5,18H2,1-3H3. The number of nitrogens with two attached hydrogens (primary N) is 1. The molecule has 0 amide bonds. The van der Waals surface area contributed by atoms with Crippen molar-refractivity contribution in [1.29, 1.82) is 0 Å². The lowest BCUT2D eigenvalue weighted by Gasteiger charge is -2.22. The largest absolute Gasteiger partial charge is 0.271 e. The second-order valence-electron chi connectivity index (χ2n) is 5.47. The minimum Gasteiger partial charge on any atom is -0.271 e. The maximum atomic E-state index is 13.7. The van der Waals surface area contributed by atoms with E-state index in [9.17, 15) is 13.2 Å². The lowest BCUT2D eigenvalue weighted by molar-refractivity contribution is 0.345. The van der Waals surface area contributed by atoms with Gasteiger partial charge < -0.3 is 0 Å². The molecule has 0 saturated carbocycles. The van der Waals surface area contributed by atoms with E-state index >= 15 is 0 Å². The molecule has 0 radical (unpaired) electrons. The number of benzene rings is 1. The Morgan fingerprint density at radius 3 is 2.00 bits per heavy atom. The average molecular weight is 274 g/mol. The van der Waals surface area contributed by atoms with Gasteiger partial charge in [0.2, 0.25) is 0 Å². The number of halogens is 3. The third-order valence-corrected chi connectivity index (χ3v) is 3.11. The summed E-state index contributed by atoms with van der Waals surface area (Å²) in [5, 5.41) is 0. The highest BCUT2D eigenvalue weighted by Crippen LogP contribution is 2.28. The topological polar surface area (TPSA) is 38.0 Å². The third kappa shape index (κ3) is 4.51. The number of hydrogen-bond donors (Lipinski definition) is 2. The molecule has 0 spiro atoms. The highest BCUT2D eigenvalue weighted by molar-refractivity contribution is 5.24. The Hall–Kier alpha value is -1.07. The number of rotatable bonds is 6. The Morgan fingerprint density at radius 1 is 1.05 bits per heavy atom. The van der Waals surface area contributed by atoms with Gasteiger partial charge in [0.1, 0.15) is 17.5 Å². The molecule has 3 N–H and O–H groups in total. The van der Waals surface area contributed by atoms with Gasteiger partial charge in [-0.05, 0) is 24.7 Å². The summed E-state index contributed by atoms with van der Waals surface area (Å²) in [6, 6.07) is 0.695. The third-order valence-electron chi connectivity index (χ3n) is 3.11. The van der Waals surface area contributed by atoms with Crippen molar-refractivity contribution in [2.75, 3.05) is 0 Å². The van der Waals surface area contributed by atoms with Crippen molar-refractivity contribution in [2.45, 2.75) is 39.7 Å². The molecular formula is C14H21F3N2. The van der Waals surface area contributed by atoms with Gasteiger partial charge in [0.15, 0.2) is 0 Å². The smallest absolute Gasteiger partial charge is 0.133 e. The van der Waals surface area contributed by atoms with Crippen LogP contribution in [0.15, 0.2) is 12.1 Å². The first-order valence-corrected chi connectivity index (χ1v) is 6.45. The van der Waals surface area contributed by atoms with Crippen molar-refractivity contribution in [3.63, 3.8) is 0 Å². The minimum absolute atomic E-state index is 0.195. The molecule has 2 atom stereocenters. The molecule has 1 rings (SSSR count). The van der Waals surface area contributed by atoms with Gasteiger partial charge in [-0.2, -0.15) is 0 Å². The maximum Gasteiger partial charge on any atom is 0.133 e. The molecule has 2 nitrogen and oxygen atoms in total. The minimum atomic E-state index is -0.926. The Balaban J connectivity index is 2.91. The zero-order chi connectivity index (χ0) is 14.6. The Kier molecular flexibility index (Phi) is 5.82. The fraction of sp³-hybridized carbons (Fsp3) is 0.571. The molecule has 0 heterocycles. The van der Waals surface area contributed by atoms with E-state index < -0.39 is 23.5 Å². The highest BCUT2D eigenvalue weighted by atomic mass is 19.1. The molecule has 5 heteroatoms. The normalized spacial score (nSPS) is 14.7. The Bertz CT molecular complexity index is 398. The van der Waals surface area contributed by atoms with Crippen LogP contribution in [0.5, 0.6) is 0 Å². The molecule has 108 valence electrons. The quantitative estimate of drug-likeness (QED) is 0.613. The summed E-state index contributed by atoms with van der Waals surface area (Å²) in [7, 11) is 0. The molecule has 19 heavy (non-hydrogen) atoms. The van der Waals surface area contributed by atoms with Gasteiger partial charge in [-0.1, -0.05) is 20.8 Å². The van der Waals surface area contributed by atoms with Crippen molar-refractivity contribution in [3.05, 3.63) is 35.1 Å².